The molecule has 2 amide bonds. The first-order valence-electron chi connectivity index (χ1n) is 5.55. The van der Waals surface area contributed by atoms with Crippen LogP contribution < -0.4 is 5.73 Å². The van der Waals surface area contributed by atoms with Crippen LogP contribution in [0.4, 0.5) is 0 Å². The van der Waals surface area contributed by atoms with Crippen molar-refractivity contribution in [3.05, 3.63) is 0 Å². The Labute approximate surface area is 100 Å². The summed E-state index contributed by atoms with van der Waals surface area (Å²) in [5.41, 5.74) is 4.12. The fourth-order valence-electron chi connectivity index (χ4n) is 1.68. The molecule has 17 heavy (non-hydrogen) atoms. The van der Waals surface area contributed by atoms with Gasteiger partial charge in [0.05, 0.1) is 19.3 Å². The van der Waals surface area contributed by atoms with Gasteiger partial charge in [0, 0.05) is 6.54 Å². The van der Waals surface area contributed by atoms with Gasteiger partial charge in [0.25, 0.3) is 0 Å². The van der Waals surface area contributed by atoms with Crippen LogP contribution in [0, 0.1) is 16.7 Å². The number of hydrogen-bond donors (Lipinski definition) is 1. The van der Waals surface area contributed by atoms with Gasteiger partial charge in [0.1, 0.15) is 11.5 Å². The molecule has 6 heteroatoms. The van der Waals surface area contributed by atoms with Crippen LogP contribution >= 0.6 is 0 Å². The minimum atomic E-state index is -1.11. The summed E-state index contributed by atoms with van der Waals surface area (Å²) >= 11 is 0. The molecule has 0 spiro atoms. The second kappa shape index (κ2) is 5.15. The molecule has 0 aliphatic carbocycles. The lowest BCUT2D eigenvalue weighted by Gasteiger charge is -2.37. The first-order chi connectivity index (χ1) is 7.96. The maximum Gasteiger partial charge on any atom is 0.243 e. The standard InChI is InChI=1S/C11H17N3O3/c1-3-11(2,7-12)10(16)14-4-5-17-6-8(14)9(13)15/h8H,3-6H2,1-2H3,(H2,13,15). The minimum Gasteiger partial charge on any atom is -0.377 e. The van der Waals surface area contributed by atoms with Gasteiger partial charge in [0.15, 0.2) is 0 Å². The SMILES string of the molecule is CCC(C)(C#N)C(=O)N1CCOCC1C(N)=O. The molecule has 2 unspecified atom stereocenters. The Hall–Kier alpha value is -1.61. The molecule has 1 aliphatic heterocycles. The monoisotopic (exact) mass is 239 g/mol. The number of amides is 2. The first kappa shape index (κ1) is 13.5. The van der Waals surface area contributed by atoms with E-state index < -0.39 is 17.4 Å². The molecule has 0 bridgehead atoms. The number of primary amides is 1. The zero-order valence-electron chi connectivity index (χ0n) is 10.1. The molecule has 6 nitrogen and oxygen atoms in total. The predicted molar refractivity (Wildman–Crippen MR) is 59.5 cm³/mol. The lowest BCUT2D eigenvalue weighted by atomic mass is 9.87. The minimum absolute atomic E-state index is 0.103. The maximum absolute atomic E-state index is 12.2. The van der Waals surface area contributed by atoms with Crippen molar-refractivity contribution in [3.8, 4) is 6.07 Å². The zero-order chi connectivity index (χ0) is 13.1. The van der Waals surface area contributed by atoms with E-state index in [4.69, 9.17) is 15.7 Å². The molecule has 1 saturated heterocycles. The van der Waals surface area contributed by atoms with Crippen molar-refractivity contribution in [1.82, 2.24) is 4.90 Å². The molecule has 0 saturated carbocycles. The Morgan fingerprint density at radius 2 is 2.29 bits per heavy atom. The van der Waals surface area contributed by atoms with Crippen molar-refractivity contribution >= 4 is 11.8 Å². The number of morpholine rings is 1. The van der Waals surface area contributed by atoms with Crippen molar-refractivity contribution in [2.24, 2.45) is 11.1 Å². The van der Waals surface area contributed by atoms with E-state index in [1.54, 1.807) is 13.8 Å². The quantitative estimate of drug-likeness (QED) is 0.727. The van der Waals surface area contributed by atoms with Crippen molar-refractivity contribution in [2.45, 2.75) is 26.3 Å². The molecule has 0 aromatic rings. The summed E-state index contributed by atoms with van der Waals surface area (Å²) in [6.07, 6.45) is 0.394. The summed E-state index contributed by atoms with van der Waals surface area (Å²) in [6.45, 7) is 4.10. The molecule has 0 radical (unpaired) electrons. The van der Waals surface area contributed by atoms with E-state index >= 15 is 0 Å². The molecular weight excluding hydrogens is 222 g/mol. The highest BCUT2D eigenvalue weighted by Crippen LogP contribution is 2.25. The van der Waals surface area contributed by atoms with Crippen molar-refractivity contribution in [3.63, 3.8) is 0 Å². The number of carbonyl (C=O) groups excluding carboxylic acids is 2. The molecule has 0 aromatic heterocycles. The van der Waals surface area contributed by atoms with Crippen LogP contribution in [0.1, 0.15) is 20.3 Å². The summed E-state index contributed by atoms with van der Waals surface area (Å²) in [5.74, 6) is -0.955. The summed E-state index contributed by atoms with van der Waals surface area (Å²) in [6, 6.07) is 1.23. The van der Waals surface area contributed by atoms with E-state index in [1.807, 2.05) is 6.07 Å². The van der Waals surface area contributed by atoms with Gasteiger partial charge in [-0.25, -0.2) is 0 Å². The number of ether oxygens (including phenoxy) is 1. The Bertz CT molecular complexity index is 363. The molecular formula is C11H17N3O3. The first-order valence-corrected chi connectivity index (χ1v) is 5.55. The molecule has 94 valence electrons. The van der Waals surface area contributed by atoms with E-state index in [-0.39, 0.29) is 12.5 Å². The Kier molecular flexibility index (Phi) is 4.07. The number of nitriles is 1. The fourth-order valence-corrected chi connectivity index (χ4v) is 1.68. The molecule has 1 fully saturated rings. The van der Waals surface area contributed by atoms with Gasteiger partial charge >= 0.3 is 0 Å². The van der Waals surface area contributed by atoms with Crippen LogP contribution in [0.3, 0.4) is 0 Å². The third kappa shape index (κ3) is 2.56. The van der Waals surface area contributed by atoms with Gasteiger partial charge in [-0.3, -0.25) is 9.59 Å². The van der Waals surface area contributed by atoms with E-state index in [1.165, 1.54) is 4.90 Å². The van der Waals surface area contributed by atoms with Gasteiger partial charge < -0.3 is 15.4 Å². The summed E-state index contributed by atoms with van der Waals surface area (Å²) < 4.78 is 5.13. The van der Waals surface area contributed by atoms with Gasteiger partial charge in [0.2, 0.25) is 11.8 Å². The number of nitrogens with two attached hydrogens (primary N) is 1. The van der Waals surface area contributed by atoms with Crippen LogP contribution in [0.25, 0.3) is 0 Å². The highest BCUT2D eigenvalue weighted by Gasteiger charge is 2.41. The maximum atomic E-state index is 12.2. The Morgan fingerprint density at radius 3 is 2.76 bits per heavy atom. The smallest absolute Gasteiger partial charge is 0.243 e. The molecule has 1 rings (SSSR count). The fraction of sp³-hybridized carbons (Fsp3) is 0.727. The second-order valence-electron chi connectivity index (χ2n) is 4.29. The van der Waals surface area contributed by atoms with E-state index in [0.717, 1.165) is 0 Å². The van der Waals surface area contributed by atoms with Crippen molar-refractivity contribution < 1.29 is 14.3 Å². The van der Waals surface area contributed by atoms with Gasteiger partial charge in [-0.05, 0) is 13.3 Å². The van der Waals surface area contributed by atoms with Crippen LogP contribution in [-0.2, 0) is 14.3 Å². The van der Waals surface area contributed by atoms with E-state index in [0.29, 0.717) is 19.6 Å². The van der Waals surface area contributed by atoms with E-state index in [9.17, 15) is 9.59 Å². The summed E-state index contributed by atoms with van der Waals surface area (Å²) in [5, 5.41) is 9.07. The third-order valence-corrected chi connectivity index (χ3v) is 3.14. The van der Waals surface area contributed by atoms with Crippen LogP contribution in [0.5, 0.6) is 0 Å². The topological polar surface area (TPSA) is 96.4 Å². The third-order valence-electron chi connectivity index (χ3n) is 3.14. The molecule has 2 N–H and O–H groups in total. The summed E-state index contributed by atoms with van der Waals surface area (Å²) in [7, 11) is 0. The lowest BCUT2D eigenvalue weighted by molar-refractivity contribution is -0.152. The lowest BCUT2D eigenvalue weighted by Crippen LogP contribution is -2.57. The highest BCUT2D eigenvalue weighted by atomic mass is 16.5. The number of carbonyl (C=O) groups is 2. The average Bonchev–Trinajstić information content (AvgIpc) is 2.36. The molecule has 1 aliphatic rings. The predicted octanol–water partition coefficient (Wildman–Crippen LogP) is -0.361. The molecule has 0 aromatic carbocycles. The zero-order valence-corrected chi connectivity index (χ0v) is 10.1. The normalized spacial score (nSPS) is 23.6. The van der Waals surface area contributed by atoms with Crippen LogP contribution in [0.15, 0.2) is 0 Å². The summed E-state index contributed by atoms with van der Waals surface area (Å²) in [4.78, 5) is 24.8. The van der Waals surface area contributed by atoms with Gasteiger partial charge in [-0.1, -0.05) is 6.92 Å². The second-order valence-corrected chi connectivity index (χ2v) is 4.29. The van der Waals surface area contributed by atoms with E-state index in [2.05, 4.69) is 0 Å². The van der Waals surface area contributed by atoms with Gasteiger partial charge in [-0.2, -0.15) is 5.26 Å². The Balaban J connectivity index is 2.93. The van der Waals surface area contributed by atoms with Crippen molar-refractivity contribution in [1.29, 1.82) is 5.26 Å². The van der Waals surface area contributed by atoms with Crippen LogP contribution in [-0.4, -0.2) is 42.5 Å². The average molecular weight is 239 g/mol. The number of rotatable bonds is 3. The van der Waals surface area contributed by atoms with Gasteiger partial charge in [-0.15, -0.1) is 0 Å². The number of hydrogen-bond acceptors (Lipinski definition) is 4. The molecule has 2 atom stereocenters. The number of nitrogens with zero attached hydrogens (tertiary/aromatic N) is 2. The highest BCUT2D eigenvalue weighted by molar-refractivity contribution is 5.91. The van der Waals surface area contributed by atoms with Crippen LogP contribution in [0.2, 0.25) is 0 Å². The largest absolute Gasteiger partial charge is 0.377 e. The van der Waals surface area contributed by atoms with Crippen molar-refractivity contribution in [2.75, 3.05) is 19.8 Å². The molecule has 1 heterocycles. The Morgan fingerprint density at radius 1 is 1.65 bits per heavy atom.